The van der Waals surface area contributed by atoms with Crippen LogP contribution in [-0.4, -0.2) is 25.2 Å². The number of carboxylic acids is 1. The van der Waals surface area contributed by atoms with Crippen LogP contribution in [0.15, 0.2) is 10.1 Å². The molecule has 2 nitrogen and oxygen atoms in total. The van der Waals surface area contributed by atoms with E-state index in [9.17, 15) is 4.79 Å². The lowest BCUT2D eigenvalue weighted by Crippen LogP contribution is -2.45. The van der Waals surface area contributed by atoms with Crippen molar-refractivity contribution < 1.29 is 9.90 Å². The highest BCUT2D eigenvalue weighted by atomic mass is 35.5. The summed E-state index contributed by atoms with van der Waals surface area (Å²) < 4.78 is -1.75. The minimum Gasteiger partial charge on any atom is -0.481 e. The molecule has 3 atom stereocenters. The number of hydrogen-bond donors (Lipinski definition) is 1. The number of halogens is 6. The van der Waals surface area contributed by atoms with Crippen LogP contribution in [0.4, 0.5) is 0 Å². The highest BCUT2D eigenvalue weighted by Gasteiger charge is 2.79. The van der Waals surface area contributed by atoms with Crippen LogP contribution in [0.5, 0.6) is 0 Å². The summed E-state index contributed by atoms with van der Waals surface area (Å²) in [6, 6.07) is 0. The van der Waals surface area contributed by atoms with E-state index in [1.807, 2.05) is 0 Å². The van der Waals surface area contributed by atoms with Crippen LogP contribution < -0.4 is 0 Å². The highest BCUT2D eigenvalue weighted by molar-refractivity contribution is 6.65. The third-order valence-corrected chi connectivity index (χ3v) is 7.36. The predicted octanol–water partition coefficient (Wildman–Crippen LogP) is 3.92. The molecule has 0 radical (unpaired) electrons. The number of fused-ring (bicyclic) bond motifs is 2. The van der Waals surface area contributed by atoms with Crippen molar-refractivity contribution in [2.75, 3.05) is 0 Å². The molecule has 0 aliphatic heterocycles. The summed E-state index contributed by atoms with van der Waals surface area (Å²) in [4.78, 5) is 7.97. The van der Waals surface area contributed by atoms with E-state index in [0.717, 1.165) is 0 Å². The van der Waals surface area contributed by atoms with Crippen LogP contribution in [0.3, 0.4) is 0 Å². The van der Waals surface area contributed by atoms with Crippen molar-refractivity contribution in [3.05, 3.63) is 10.1 Å². The predicted molar refractivity (Wildman–Crippen MR) is 66.1 cm³/mol. The molecule has 2 aliphatic carbocycles. The molecule has 2 aliphatic rings. The van der Waals surface area contributed by atoms with Gasteiger partial charge in [-0.1, -0.05) is 46.4 Å². The normalized spacial score (nSPS) is 45.2. The Labute approximate surface area is 121 Å². The fourth-order valence-electron chi connectivity index (χ4n) is 2.17. The molecule has 0 heterocycles. The largest absolute Gasteiger partial charge is 0.481 e. The Hall–Kier alpha value is 0.950. The summed E-state index contributed by atoms with van der Waals surface area (Å²) in [5, 5.41) is 9.00. The molecule has 0 aromatic rings. The number of carbonyl (C=O) groups is 1. The Balaban J connectivity index is 2.69. The van der Waals surface area contributed by atoms with Gasteiger partial charge in [-0.3, -0.25) is 4.79 Å². The van der Waals surface area contributed by atoms with Crippen LogP contribution >= 0.6 is 69.6 Å². The van der Waals surface area contributed by atoms with E-state index < -0.39 is 26.0 Å². The molecular weight excluding hydrogens is 341 g/mol. The fraction of sp³-hybridized carbons (Fsp3) is 0.625. The molecule has 16 heavy (non-hydrogen) atoms. The van der Waals surface area contributed by atoms with Gasteiger partial charge in [0.1, 0.15) is 9.75 Å². The molecule has 8 heteroatoms. The van der Waals surface area contributed by atoms with E-state index in [4.69, 9.17) is 74.7 Å². The number of hydrogen-bond acceptors (Lipinski definition) is 1. The van der Waals surface area contributed by atoms with Gasteiger partial charge in [-0.05, 0) is 6.42 Å². The van der Waals surface area contributed by atoms with Crippen LogP contribution in [0, 0.1) is 5.92 Å². The number of rotatable bonds is 1. The molecule has 1 saturated carbocycles. The van der Waals surface area contributed by atoms with Crippen molar-refractivity contribution in [3.8, 4) is 0 Å². The highest BCUT2D eigenvalue weighted by Crippen LogP contribution is 2.74. The van der Waals surface area contributed by atoms with Gasteiger partial charge in [0.25, 0.3) is 0 Å². The van der Waals surface area contributed by atoms with E-state index in [2.05, 4.69) is 0 Å². The van der Waals surface area contributed by atoms with Crippen molar-refractivity contribution >= 4 is 75.6 Å². The average molecular weight is 345 g/mol. The zero-order valence-corrected chi connectivity index (χ0v) is 11.9. The lowest BCUT2D eigenvalue weighted by Gasteiger charge is -2.32. The first-order valence-electron chi connectivity index (χ1n) is 4.15. The molecule has 2 bridgehead atoms. The Bertz CT molecular complexity index is 419. The zero-order chi connectivity index (χ0) is 12.5. The Kier molecular flexibility index (Phi) is 2.92. The second-order valence-electron chi connectivity index (χ2n) is 3.81. The summed E-state index contributed by atoms with van der Waals surface area (Å²) in [5.74, 6) is -2.23. The van der Waals surface area contributed by atoms with Crippen LogP contribution in [0.1, 0.15) is 6.42 Å². The molecule has 1 N–H and O–H groups in total. The smallest absolute Gasteiger partial charge is 0.308 e. The summed E-state index contributed by atoms with van der Waals surface area (Å²) in [7, 11) is 0. The lowest BCUT2D eigenvalue weighted by molar-refractivity contribution is -0.142. The van der Waals surface area contributed by atoms with Crippen molar-refractivity contribution in [1.82, 2.24) is 0 Å². The molecular formula is C8H4Cl6O2. The van der Waals surface area contributed by atoms with Gasteiger partial charge in [-0.2, -0.15) is 0 Å². The van der Waals surface area contributed by atoms with Gasteiger partial charge in [-0.25, -0.2) is 0 Å². The Morgan fingerprint density at radius 2 is 1.69 bits per heavy atom. The van der Waals surface area contributed by atoms with Gasteiger partial charge in [-0.15, -0.1) is 23.2 Å². The van der Waals surface area contributed by atoms with Crippen molar-refractivity contribution in [2.45, 2.75) is 20.5 Å². The first kappa shape index (κ1) is 13.4. The van der Waals surface area contributed by atoms with Gasteiger partial charge in [0.05, 0.1) is 16.0 Å². The lowest BCUT2D eigenvalue weighted by atomic mass is 9.92. The van der Waals surface area contributed by atoms with Crippen molar-refractivity contribution in [2.24, 2.45) is 5.92 Å². The fourth-order valence-corrected chi connectivity index (χ4v) is 4.93. The number of alkyl halides is 4. The average Bonchev–Trinajstić information content (AvgIpc) is 2.39. The SMILES string of the molecule is O=C(O)[C@H]1C[C@]2(Cl)C(Cl)=C(Cl)[C@@]1(Cl)C2(Cl)Cl. The molecule has 0 spiro atoms. The minimum atomic E-state index is -1.75. The molecule has 0 unspecified atom stereocenters. The topological polar surface area (TPSA) is 37.3 Å². The molecule has 0 saturated heterocycles. The maximum atomic E-state index is 11.1. The quantitative estimate of drug-likeness (QED) is 0.732. The third-order valence-electron chi connectivity index (χ3n) is 3.08. The van der Waals surface area contributed by atoms with E-state index in [1.165, 1.54) is 0 Å². The molecule has 90 valence electrons. The molecule has 2 rings (SSSR count). The maximum Gasteiger partial charge on any atom is 0.308 e. The first-order chi connectivity index (χ1) is 7.10. The molecule has 0 amide bonds. The van der Waals surface area contributed by atoms with E-state index in [1.54, 1.807) is 0 Å². The maximum absolute atomic E-state index is 11.1. The molecule has 0 aromatic carbocycles. The summed E-state index contributed by atoms with van der Waals surface area (Å²) >= 11 is 36.3. The van der Waals surface area contributed by atoms with Crippen molar-refractivity contribution in [3.63, 3.8) is 0 Å². The third kappa shape index (κ3) is 1.17. The second kappa shape index (κ2) is 3.49. The Morgan fingerprint density at radius 3 is 2.00 bits per heavy atom. The van der Waals surface area contributed by atoms with Crippen LogP contribution in [0.25, 0.3) is 0 Å². The molecule has 0 aromatic heterocycles. The number of allylic oxidation sites excluding steroid dienone is 2. The van der Waals surface area contributed by atoms with Crippen LogP contribution in [-0.2, 0) is 4.79 Å². The summed E-state index contributed by atoms with van der Waals surface area (Å²) in [6.07, 6.45) is -0.0601. The van der Waals surface area contributed by atoms with E-state index >= 15 is 0 Å². The molecule has 1 fully saturated rings. The first-order valence-corrected chi connectivity index (χ1v) is 6.42. The van der Waals surface area contributed by atoms with Gasteiger partial charge < -0.3 is 5.11 Å². The van der Waals surface area contributed by atoms with Gasteiger partial charge in [0.15, 0.2) is 4.33 Å². The van der Waals surface area contributed by atoms with E-state index in [0.29, 0.717) is 0 Å². The second-order valence-corrected chi connectivity index (χ2v) is 7.13. The standard InChI is InChI=1S/C8H4Cl6O2/c9-3-4(10)7(12)2(5(15)16)1-6(3,11)8(7,13)14/h2H,1H2,(H,15,16)/t2-,6+,7-/m1/s1. The van der Waals surface area contributed by atoms with E-state index in [-0.39, 0.29) is 16.5 Å². The number of aliphatic carboxylic acids is 1. The number of carboxylic acid groups (broad SMARTS) is 1. The summed E-state index contributed by atoms with van der Waals surface area (Å²) in [5.41, 5.74) is 0. The monoisotopic (exact) mass is 342 g/mol. The van der Waals surface area contributed by atoms with Gasteiger partial charge in [0, 0.05) is 0 Å². The minimum absolute atomic E-state index is 0.0216. The van der Waals surface area contributed by atoms with Crippen LogP contribution in [0.2, 0.25) is 0 Å². The van der Waals surface area contributed by atoms with Crippen molar-refractivity contribution in [1.29, 1.82) is 0 Å². The van der Waals surface area contributed by atoms with Gasteiger partial charge >= 0.3 is 5.97 Å². The zero-order valence-electron chi connectivity index (χ0n) is 7.41. The summed E-state index contributed by atoms with van der Waals surface area (Å²) in [6.45, 7) is 0. The van der Waals surface area contributed by atoms with Gasteiger partial charge in [0.2, 0.25) is 0 Å². The Morgan fingerprint density at radius 1 is 1.19 bits per heavy atom.